The minimum absolute atomic E-state index is 0.0490. The standard InChI is InChI=1S/C25H18N4O2S2/c26-12-6-13-28-15-20(18-9-4-5-10-21(18)28)22(30)16-33-25-27-23-19(11-14-32-23)24(31)29(25)17-7-2-1-3-8-17/h1-5,7-11,14-15H,6,13,16H2. The molecule has 5 aromatic rings. The lowest BCUT2D eigenvalue weighted by Crippen LogP contribution is -2.21. The van der Waals surface area contributed by atoms with E-state index in [9.17, 15) is 9.59 Å². The zero-order valence-electron chi connectivity index (χ0n) is 17.5. The molecule has 3 heterocycles. The van der Waals surface area contributed by atoms with Crippen LogP contribution < -0.4 is 5.56 Å². The molecule has 0 aliphatic carbocycles. The van der Waals surface area contributed by atoms with Gasteiger partial charge in [0, 0.05) is 29.2 Å². The summed E-state index contributed by atoms with van der Waals surface area (Å²) >= 11 is 2.67. The summed E-state index contributed by atoms with van der Waals surface area (Å²) in [6, 6.07) is 21.0. The Morgan fingerprint density at radius 1 is 1.06 bits per heavy atom. The fourth-order valence-electron chi connectivity index (χ4n) is 3.83. The van der Waals surface area contributed by atoms with Gasteiger partial charge in [0.15, 0.2) is 10.9 Å². The third-order valence-corrected chi connectivity index (χ3v) is 7.11. The van der Waals surface area contributed by atoms with Gasteiger partial charge in [0.25, 0.3) is 5.56 Å². The number of nitriles is 1. The van der Waals surface area contributed by atoms with Crippen LogP contribution in [0.15, 0.2) is 82.2 Å². The number of Topliss-reactive ketones (excluding diaryl/α,β-unsaturated/α-hetero) is 1. The van der Waals surface area contributed by atoms with Crippen molar-refractivity contribution in [2.45, 2.75) is 18.1 Å². The van der Waals surface area contributed by atoms with Crippen molar-refractivity contribution in [2.75, 3.05) is 5.75 Å². The lowest BCUT2D eigenvalue weighted by Gasteiger charge is -2.11. The Labute approximate surface area is 197 Å². The molecule has 6 nitrogen and oxygen atoms in total. The Morgan fingerprint density at radius 2 is 1.85 bits per heavy atom. The predicted octanol–water partition coefficient (Wildman–Crippen LogP) is 5.29. The molecule has 0 amide bonds. The van der Waals surface area contributed by atoms with Gasteiger partial charge in [0.05, 0.1) is 29.3 Å². The van der Waals surface area contributed by atoms with E-state index in [2.05, 4.69) is 6.07 Å². The molecule has 0 aliphatic rings. The van der Waals surface area contributed by atoms with E-state index in [1.165, 1.54) is 23.1 Å². The molecular formula is C25H18N4O2S2. The lowest BCUT2D eigenvalue weighted by atomic mass is 10.1. The smallest absolute Gasteiger partial charge is 0.267 e. The number of ketones is 1. The average Bonchev–Trinajstić information content (AvgIpc) is 3.47. The number of carbonyl (C=O) groups is 1. The maximum Gasteiger partial charge on any atom is 0.267 e. The number of benzene rings is 2. The molecule has 0 saturated carbocycles. The summed E-state index contributed by atoms with van der Waals surface area (Å²) in [7, 11) is 0. The van der Waals surface area contributed by atoms with Crippen LogP contribution >= 0.6 is 23.1 Å². The molecule has 0 spiro atoms. The second-order valence-electron chi connectivity index (χ2n) is 7.38. The van der Waals surface area contributed by atoms with Gasteiger partial charge in [0.2, 0.25) is 0 Å². The first-order valence-electron chi connectivity index (χ1n) is 10.3. The highest BCUT2D eigenvalue weighted by Crippen LogP contribution is 2.27. The van der Waals surface area contributed by atoms with Gasteiger partial charge >= 0.3 is 0 Å². The van der Waals surface area contributed by atoms with Crippen LogP contribution in [0, 0.1) is 11.3 Å². The molecule has 0 N–H and O–H groups in total. The van der Waals surface area contributed by atoms with Gasteiger partial charge in [-0.2, -0.15) is 5.26 Å². The maximum absolute atomic E-state index is 13.3. The number of aryl methyl sites for hydroxylation is 1. The number of rotatable bonds is 7. The number of thiophene rings is 1. The number of fused-ring (bicyclic) bond motifs is 2. The van der Waals surface area contributed by atoms with E-state index < -0.39 is 0 Å². The number of nitrogens with zero attached hydrogens (tertiary/aromatic N) is 4. The van der Waals surface area contributed by atoms with Crippen LogP contribution in [0.4, 0.5) is 0 Å². The number of thioether (sulfide) groups is 1. The number of hydrogen-bond acceptors (Lipinski definition) is 6. The average molecular weight is 471 g/mol. The lowest BCUT2D eigenvalue weighted by molar-refractivity contribution is 0.102. The summed E-state index contributed by atoms with van der Waals surface area (Å²) in [4.78, 5) is 31.8. The topological polar surface area (TPSA) is 80.7 Å². The fourth-order valence-corrected chi connectivity index (χ4v) is 5.53. The summed E-state index contributed by atoms with van der Waals surface area (Å²) < 4.78 is 3.52. The number of aromatic nitrogens is 3. The van der Waals surface area contributed by atoms with Gasteiger partial charge in [-0.05, 0) is 29.6 Å². The minimum atomic E-state index is -0.143. The minimum Gasteiger partial charge on any atom is -0.346 e. The first-order valence-corrected chi connectivity index (χ1v) is 12.2. The second kappa shape index (κ2) is 9.06. The maximum atomic E-state index is 13.3. The molecule has 33 heavy (non-hydrogen) atoms. The molecule has 5 rings (SSSR count). The second-order valence-corrected chi connectivity index (χ2v) is 9.22. The van der Waals surface area contributed by atoms with Gasteiger partial charge in [-0.15, -0.1) is 11.3 Å². The first kappa shape index (κ1) is 21.2. The third kappa shape index (κ3) is 3.97. The summed E-state index contributed by atoms with van der Waals surface area (Å²) in [5, 5.41) is 12.7. The third-order valence-electron chi connectivity index (χ3n) is 5.37. The van der Waals surface area contributed by atoms with Crippen molar-refractivity contribution in [3.63, 3.8) is 0 Å². The molecule has 0 saturated heterocycles. The largest absolute Gasteiger partial charge is 0.346 e. The van der Waals surface area contributed by atoms with Crippen LogP contribution in [-0.4, -0.2) is 25.7 Å². The Balaban J connectivity index is 1.50. The van der Waals surface area contributed by atoms with Crippen LogP contribution in [0.2, 0.25) is 0 Å². The molecule has 0 bridgehead atoms. The first-order chi connectivity index (χ1) is 16.2. The highest BCUT2D eigenvalue weighted by Gasteiger charge is 2.19. The Morgan fingerprint density at radius 3 is 2.67 bits per heavy atom. The van der Waals surface area contributed by atoms with Gasteiger partial charge in [0.1, 0.15) is 4.83 Å². The van der Waals surface area contributed by atoms with E-state index in [4.69, 9.17) is 10.2 Å². The van der Waals surface area contributed by atoms with Crippen LogP contribution in [0.1, 0.15) is 16.8 Å². The van der Waals surface area contributed by atoms with Crippen molar-refractivity contribution in [2.24, 2.45) is 0 Å². The molecule has 2 aromatic carbocycles. The highest BCUT2D eigenvalue weighted by molar-refractivity contribution is 7.99. The zero-order valence-corrected chi connectivity index (χ0v) is 19.1. The van der Waals surface area contributed by atoms with Gasteiger partial charge < -0.3 is 4.57 Å². The van der Waals surface area contributed by atoms with Crippen molar-refractivity contribution in [3.05, 3.63) is 88.2 Å². The molecule has 0 radical (unpaired) electrons. The molecule has 0 aliphatic heterocycles. The van der Waals surface area contributed by atoms with Gasteiger partial charge in [-0.3, -0.25) is 14.2 Å². The Bertz CT molecular complexity index is 1580. The summed E-state index contributed by atoms with van der Waals surface area (Å²) in [5.74, 6) is 0.0923. The van der Waals surface area contributed by atoms with E-state index in [0.29, 0.717) is 39.6 Å². The van der Waals surface area contributed by atoms with E-state index >= 15 is 0 Å². The highest BCUT2D eigenvalue weighted by atomic mass is 32.2. The molecule has 3 aromatic heterocycles. The van der Waals surface area contributed by atoms with E-state index in [1.807, 2.05) is 70.7 Å². The summed E-state index contributed by atoms with van der Waals surface area (Å²) in [6.07, 6.45) is 2.19. The van der Waals surface area contributed by atoms with Gasteiger partial charge in [-0.1, -0.05) is 48.2 Å². The zero-order chi connectivity index (χ0) is 22.8. The quantitative estimate of drug-likeness (QED) is 0.183. The molecule has 0 atom stereocenters. The molecular weight excluding hydrogens is 452 g/mol. The molecule has 0 unspecified atom stereocenters. The Hall–Kier alpha value is -3.67. The van der Waals surface area contributed by atoms with Crippen molar-refractivity contribution in [1.29, 1.82) is 5.26 Å². The normalized spacial score (nSPS) is 11.1. The van der Waals surface area contributed by atoms with E-state index in [0.717, 1.165) is 10.9 Å². The van der Waals surface area contributed by atoms with Crippen molar-refractivity contribution >= 4 is 50.0 Å². The monoisotopic (exact) mass is 470 g/mol. The predicted molar refractivity (Wildman–Crippen MR) is 132 cm³/mol. The van der Waals surface area contributed by atoms with E-state index in [-0.39, 0.29) is 17.1 Å². The summed E-state index contributed by atoms with van der Waals surface area (Å²) in [6.45, 7) is 0.529. The Kier molecular flexibility index (Phi) is 5.82. The number of para-hydroxylation sites is 2. The van der Waals surface area contributed by atoms with Crippen molar-refractivity contribution < 1.29 is 4.79 Å². The SMILES string of the molecule is N#CCCn1cc(C(=O)CSc2nc3sccc3c(=O)n2-c2ccccc2)c2ccccc21. The van der Waals surface area contributed by atoms with E-state index in [1.54, 1.807) is 10.6 Å². The fraction of sp³-hybridized carbons (Fsp3) is 0.120. The van der Waals surface area contributed by atoms with Crippen LogP contribution in [-0.2, 0) is 6.54 Å². The van der Waals surface area contributed by atoms with Crippen LogP contribution in [0.25, 0.3) is 26.8 Å². The van der Waals surface area contributed by atoms with Crippen LogP contribution in [0.3, 0.4) is 0 Å². The van der Waals surface area contributed by atoms with Crippen LogP contribution in [0.5, 0.6) is 0 Å². The summed E-state index contributed by atoms with van der Waals surface area (Å²) in [5.41, 5.74) is 2.11. The molecule has 162 valence electrons. The van der Waals surface area contributed by atoms with Crippen molar-refractivity contribution in [3.8, 4) is 11.8 Å². The van der Waals surface area contributed by atoms with Gasteiger partial charge in [-0.25, -0.2) is 4.98 Å². The molecule has 8 heteroatoms. The number of hydrogen-bond donors (Lipinski definition) is 0. The molecule has 0 fully saturated rings. The van der Waals surface area contributed by atoms with Crippen molar-refractivity contribution in [1.82, 2.24) is 14.1 Å². The number of carbonyl (C=O) groups excluding carboxylic acids is 1.